The molecule has 0 atom stereocenters. The Labute approximate surface area is 160 Å². The number of anilines is 3. The van der Waals surface area contributed by atoms with Gasteiger partial charge in [-0.1, -0.05) is 0 Å². The average Bonchev–Trinajstić information content (AvgIpc) is 2.71. The van der Waals surface area contributed by atoms with Crippen molar-refractivity contribution in [2.24, 2.45) is 0 Å². The van der Waals surface area contributed by atoms with Gasteiger partial charge in [-0.3, -0.25) is 4.79 Å². The molecule has 2 N–H and O–H groups in total. The Morgan fingerprint density at radius 2 is 1.71 bits per heavy atom. The van der Waals surface area contributed by atoms with E-state index < -0.39 is 17.5 Å². The number of pyridine rings is 1. The van der Waals surface area contributed by atoms with Crippen molar-refractivity contribution in [2.45, 2.75) is 0 Å². The van der Waals surface area contributed by atoms with Crippen molar-refractivity contribution >= 4 is 23.0 Å². The van der Waals surface area contributed by atoms with Crippen LogP contribution in [0, 0.1) is 11.6 Å². The first kappa shape index (κ1) is 19.1. The molecular formula is C20H17F2N3O3. The van der Waals surface area contributed by atoms with Gasteiger partial charge < -0.3 is 20.1 Å². The molecule has 6 nitrogen and oxygen atoms in total. The zero-order chi connectivity index (χ0) is 20.1. The van der Waals surface area contributed by atoms with Gasteiger partial charge in [-0.15, -0.1) is 0 Å². The van der Waals surface area contributed by atoms with Crippen LogP contribution in [0.15, 0.2) is 54.7 Å². The molecule has 28 heavy (non-hydrogen) atoms. The second-order valence-electron chi connectivity index (χ2n) is 5.71. The van der Waals surface area contributed by atoms with Crippen molar-refractivity contribution in [3.63, 3.8) is 0 Å². The Morgan fingerprint density at radius 3 is 2.36 bits per heavy atom. The lowest BCUT2D eigenvalue weighted by Gasteiger charge is -2.12. The van der Waals surface area contributed by atoms with E-state index in [2.05, 4.69) is 15.6 Å². The summed E-state index contributed by atoms with van der Waals surface area (Å²) in [4.78, 5) is 16.3. The molecule has 3 rings (SSSR count). The minimum Gasteiger partial charge on any atom is -0.497 e. The van der Waals surface area contributed by atoms with Gasteiger partial charge in [-0.25, -0.2) is 13.8 Å². The summed E-state index contributed by atoms with van der Waals surface area (Å²) in [5, 5.41) is 5.60. The van der Waals surface area contributed by atoms with Crippen LogP contribution < -0.4 is 20.1 Å². The number of nitrogens with one attached hydrogen (secondary N) is 2. The quantitative estimate of drug-likeness (QED) is 0.659. The molecule has 0 saturated heterocycles. The van der Waals surface area contributed by atoms with E-state index in [1.54, 1.807) is 38.5 Å². The maximum absolute atomic E-state index is 13.2. The van der Waals surface area contributed by atoms with Crippen LogP contribution in [0.1, 0.15) is 10.5 Å². The van der Waals surface area contributed by atoms with Gasteiger partial charge in [0.2, 0.25) is 0 Å². The summed E-state index contributed by atoms with van der Waals surface area (Å²) in [5.41, 5.74) is 1.54. The Hall–Kier alpha value is -3.68. The molecule has 2 aromatic carbocycles. The summed E-state index contributed by atoms with van der Waals surface area (Å²) in [7, 11) is 3.12. The first-order chi connectivity index (χ1) is 13.5. The van der Waals surface area contributed by atoms with Crippen molar-refractivity contribution in [1.82, 2.24) is 4.98 Å². The molecule has 1 heterocycles. The van der Waals surface area contributed by atoms with E-state index in [0.29, 0.717) is 22.9 Å². The maximum atomic E-state index is 13.2. The number of halogens is 2. The molecule has 0 aliphatic rings. The number of rotatable bonds is 6. The van der Waals surface area contributed by atoms with Gasteiger partial charge >= 0.3 is 0 Å². The fraction of sp³-hybridized carbons (Fsp3) is 0.100. The number of methoxy groups -OCH3 is 2. The molecule has 1 amide bonds. The van der Waals surface area contributed by atoms with Gasteiger partial charge in [0.25, 0.3) is 5.91 Å². The molecule has 0 fully saturated rings. The van der Waals surface area contributed by atoms with Crippen molar-refractivity contribution in [3.05, 3.63) is 72.1 Å². The number of nitrogens with zero attached hydrogens (tertiary/aromatic N) is 1. The lowest BCUT2D eigenvalue weighted by Crippen LogP contribution is -2.13. The van der Waals surface area contributed by atoms with Gasteiger partial charge in [0, 0.05) is 17.8 Å². The third kappa shape index (κ3) is 4.35. The smallest absolute Gasteiger partial charge is 0.274 e. The summed E-state index contributed by atoms with van der Waals surface area (Å²) in [6, 6.07) is 11.6. The number of benzene rings is 2. The second kappa shape index (κ2) is 8.34. The van der Waals surface area contributed by atoms with Crippen LogP contribution in [0.5, 0.6) is 11.5 Å². The van der Waals surface area contributed by atoms with Crippen LogP contribution >= 0.6 is 0 Å². The largest absolute Gasteiger partial charge is 0.497 e. The molecule has 8 heteroatoms. The number of amides is 1. The lowest BCUT2D eigenvalue weighted by molar-refractivity contribution is 0.102. The minimum atomic E-state index is -1.04. The van der Waals surface area contributed by atoms with Crippen molar-refractivity contribution in [3.8, 4) is 11.5 Å². The van der Waals surface area contributed by atoms with Gasteiger partial charge in [-0.05, 0) is 36.4 Å². The highest BCUT2D eigenvalue weighted by molar-refractivity contribution is 6.03. The van der Waals surface area contributed by atoms with Crippen LogP contribution in [0.2, 0.25) is 0 Å². The predicted molar refractivity (Wildman–Crippen MR) is 101 cm³/mol. The zero-order valence-electron chi connectivity index (χ0n) is 15.1. The molecule has 0 unspecified atom stereocenters. The summed E-state index contributed by atoms with van der Waals surface area (Å²) in [6.07, 6.45) is 1.47. The fourth-order valence-corrected chi connectivity index (χ4v) is 2.44. The van der Waals surface area contributed by atoms with E-state index in [1.807, 2.05) is 0 Å². The molecule has 0 aliphatic carbocycles. The van der Waals surface area contributed by atoms with E-state index in [1.165, 1.54) is 18.3 Å². The predicted octanol–water partition coefficient (Wildman–Crippen LogP) is 4.37. The first-order valence-electron chi connectivity index (χ1n) is 8.21. The number of aromatic nitrogens is 1. The Bertz CT molecular complexity index is 994. The Morgan fingerprint density at radius 1 is 0.929 bits per heavy atom. The molecule has 1 aromatic heterocycles. The standard InChI is InChI=1S/C20H17F2N3O3/c1-27-14-5-8-19(28-2)18(10-14)24-13-4-7-17(23-11-13)20(26)25-12-3-6-15(21)16(22)9-12/h3-11,24H,1-2H3,(H,25,26). The summed E-state index contributed by atoms with van der Waals surface area (Å²) in [5.74, 6) is -1.31. The van der Waals surface area contributed by atoms with Crippen LogP contribution in [0.4, 0.5) is 25.8 Å². The normalized spacial score (nSPS) is 10.3. The number of hydrogen-bond acceptors (Lipinski definition) is 5. The van der Waals surface area contributed by atoms with Crippen molar-refractivity contribution < 1.29 is 23.0 Å². The topological polar surface area (TPSA) is 72.5 Å². The molecule has 0 bridgehead atoms. The third-order valence-electron chi connectivity index (χ3n) is 3.86. The summed E-state index contributed by atoms with van der Waals surface area (Å²) >= 11 is 0. The molecule has 0 spiro atoms. The van der Waals surface area contributed by atoms with E-state index in [-0.39, 0.29) is 11.4 Å². The average molecular weight is 385 g/mol. The van der Waals surface area contributed by atoms with E-state index in [4.69, 9.17) is 9.47 Å². The molecule has 3 aromatic rings. The summed E-state index contributed by atoms with van der Waals surface area (Å²) in [6.45, 7) is 0. The lowest BCUT2D eigenvalue weighted by atomic mass is 10.2. The van der Waals surface area contributed by atoms with Gasteiger partial charge in [-0.2, -0.15) is 0 Å². The second-order valence-corrected chi connectivity index (χ2v) is 5.71. The van der Waals surface area contributed by atoms with Gasteiger partial charge in [0.1, 0.15) is 17.2 Å². The van der Waals surface area contributed by atoms with Crippen LogP contribution in [-0.2, 0) is 0 Å². The number of carbonyl (C=O) groups excluding carboxylic acids is 1. The summed E-state index contributed by atoms with van der Waals surface area (Å²) < 4.78 is 36.7. The highest BCUT2D eigenvalue weighted by Crippen LogP contribution is 2.31. The molecular weight excluding hydrogens is 368 g/mol. The van der Waals surface area contributed by atoms with Crippen LogP contribution in [-0.4, -0.2) is 25.1 Å². The number of hydrogen-bond donors (Lipinski definition) is 2. The highest BCUT2D eigenvalue weighted by atomic mass is 19.2. The van der Waals surface area contributed by atoms with E-state index in [0.717, 1.165) is 12.1 Å². The monoisotopic (exact) mass is 385 g/mol. The number of ether oxygens (including phenoxy) is 2. The minimum absolute atomic E-state index is 0.118. The maximum Gasteiger partial charge on any atom is 0.274 e. The molecule has 0 aliphatic heterocycles. The Kier molecular flexibility index (Phi) is 5.69. The fourth-order valence-electron chi connectivity index (χ4n) is 2.44. The van der Waals surface area contributed by atoms with Crippen LogP contribution in [0.3, 0.4) is 0 Å². The van der Waals surface area contributed by atoms with Crippen molar-refractivity contribution in [2.75, 3.05) is 24.9 Å². The van der Waals surface area contributed by atoms with Crippen molar-refractivity contribution in [1.29, 1.82) is 0 Å². The molecule has 0 radical (unpaired) electrons. The number of carbonyl (C=O) groups is 1. The van der Waals surface area contributed by atoms with E-state index >= 15 is 0 Å². The highest BCUT2D eigenvalue weighted by Gasteiger charge is 2.11. The SMILES string of the molecule is COc1ccc(OC)c(Nc2ccc(C(=O)Nc3ccc(F)c(F)c3)nc2)c1. The Balaban J connectivity index is 1.72. The van der Waals surface area contributed by atoms with Gasteiger partial charge in [0.15, 0.2) is 11.6 Å². The van der Waals surface area contributed by atoms with Gasteiger partial charge in [0.05, 0.1) is 31.8 Å². The molecule has 144 valence electrons. The van der Waals surface area contributed by atoms with E-state index in [9.17, 15) is 13.6 Å². The van der Waals surface area contributed by atoms with Crippen LogP contribution in [0.25, 0.3) is 0 Å². The third-order valence-corrected chi connectivity index (χ3v) is 3.86. The molecule has 0 saturated carbocycles. The zero-order valence-corrected chi connectivity index (χ0v) is 15.1. The first-order valence-corrected chi connectivity index (χ1v) is 8.21.